The van der Waals surface area contributed by atoms with Gasteiger partial charge in [-0.3, -0.25) is 14.6 Å². The Morgan fingerprint density at radius 2 is 1.76 bits per heavy atom. The van der Waals surface area contributed by atoms with Crippen molar-refractivity contribution in [2.45, 2.75) is 12.6 Å². The average molecular weight is 361 g/mol. The fourth-order valence-electron chi connectivity index (χ4n) is 3.24. The first-order valence-corrected chi connectivity index (χ1v) is 8.63. The van der Waals surface area contributed by atoms with Crippen molar-refractivity contribution in [2.75, 3.05) is 26.2 Å². The van der Waals surface area contributed by atoms with Crippen LogP contribution in [0.2, 0.25) is 5.02 Å². The van der Waals surface area contributed by atoms with Gasteiger partial charge in [-0.25, -0.2) is 0 Å². The molecular formula is C19H21ClN2O3. The van der Waals surface area contributed by atoms with Crippen LogP contribution in [0.4, 0.5) is 0 Å². The summed E-state index contributed by atoms with van der Waals surface area (Å²) in [6, 6.07) is 13.5. The van der Waals surface area contributed by atoms with E-state index in [0.717, 1.165) is 30.2 Å². The van der Waals surface area contributed by atoms with Crippen molar-refractivity contribution in [1.82, 2.24) is 9.80 Å². The van der Waals surface area contributed by atoms with Crippen LogP contribution in [0.15, 0.2) is 48.5 Å². The fourth-order valence-corrected chi connectivity index (χ4v) is 3.45. The minimum atomic E-state index is -0.867. The molecule has 0 saturated carbocycles. The summed E-state index contributed by atoms with van der Waals surface area (Å²) in [5, 5.41) is 19.8. The van der Waals surface area contributed by atoms with E-state index in [4.69, 9.17) is 11.6 Å². The number of piperazine rings is 1. The molecule has 2 aromatic carbocycles. The van der Waals surface area contributed by atoms with Crippen LogP contribution >= 0.6 is 11.6 Å². The van der Waals surface area contributed by atoms with Crippen LogP contribution in [0.1, 0.15) is 17.2 Å². The van der Waals surface area contributed by atoms with Gasteiger partial charge < -0.3 is 10.2 Å². The summed E-state index contributed by atoms with van der Waals surface area (Å²) in [6.45, 7) is 3.77. The number of rotatable bonds is 5. The number of phenolic OH excluding ortho intramolecular Hbond substituents is 1. The topological polar surface area (TPSA) is 64.0 Å². The molecule has 1 aliphatic rings. The molecule has 6 heteroatoms. The van der Waals surface area contributed by atoms with Crippen LogP contribution in [0.5, 0.6) is 5.75 Å². The smallest absolute Gasteiger partial charge is 0.325 e. The first-order chi connectivity index (χ1) is 12.0. The van der Waals surface area contributed by atoms with Crippen LogP contribution in [0.3, 0.4) is 0 Å². The molecule has 2 N–H and O–H groups in total. The highest BCUT2D eigenvalue weighted by atomic mass is 35.5. The molecule has 0 spiro atoms. The molecule has 1 aliphatic heterocycles. The monoisotopic (exact) mass is 360 g/mol. The normalized spacial score (nSPS) is 17.3. The number of aliphatic carboxylic acids is 1. The molecule has 0 aromatic heterocycles. The zero-order valence-corrected chi connectivity index (χ0v) is 14.6. The lowest BCUT2D eigenvalue weighted by Crippen LogP contribution is -2.48. The minimum absolute atomic E-state index is 0.138. The standard InChI is InChI=1S/C19H21ClN2O3/c20-16-3-1-2-14(12-16)13-21-8-10-22(11-9-21)18(19(24)25)15-4-6-17(23)7-5-15/h1-7,12,18,23H,8-11,13H2,(H,24,25)/t18-/m1/s1. The number of carbonyl (C=O) groups is 1. The minimum Gasteiger partial charge on any atom is -0.508 e. The Morgan fingerprint density at radius 1 is 1.08 bits per heavy atom. The van der Waals surface area contributed by atoms with Crippen molar-refractivity contribution >= 4 is 17.6 Å². The molecule has 2 aromatic rings. The number of hydrogen-bond donors (Lipinski definition) is 2. The molecule has 132 valence electrons. The summed E-state index contributed by atoms with van der Waals surface area (Å²) < 4.78 is 0. The summed E-state index contributed by atoms with van der Waals surface area (Å²) >= 11 is 6.03. The summed E-state index contributed by atoms with van der Waals surface area (Å²) in [4.78, 5) is 16.0. The molecular weight excluding hydrogens is 340 g/mol. The SMILES string of the molecule is O=C(O)[C@@H](c1ccc(O)cc1)N1CCN(Cc2cccc(Cl)c2)CC1. The molecule has 0 radical (unpaired) electrons. The van der Waals surface area contributed by atoms with Gasteiger partial charge in [0.15, 0.2) is 0 Å². The third kappa shape index (κ3) is 4.51. The number of carboxylic acid groups (broad SMARTS) is 1. The molecule has 0 aliphatic carbocycles. The quantitative estimate of drug-likeness (QED) is 0.858. The number of benzene rings is 2. The first-order valence-electron chi connectivity index (χ1n) is 8.25. The van der Waals surface area contributed by atoms with Crippen LogP contribution in [0.25, 0.3) is 0 Å². The van der Waals surface area contributed by atoms with Crippen molar-refractivity contribution < 1.29 is 15.0 Å². The first kappa shape index (κ1) is 17.7. The Kier molecular flexibility index (Phi) is 5.58. The second kappa shape index (κ2) is 7.87. The van der Waals surface area contributed by atoms with E-state index >= 15 is 0 Å². The number of hydrogen-bond acceptors (Lipinski definition) is 4. The highest BCUT2D eigenvalue weighted by molar-refractivity contribution is 6.30. The molecule has 1 saturated heterocycles. The van der Waals surface area contributed by atoms with Gasteiger partial charge >= 0.3 is 5.97 Å². The molecule has 0 amide bonds. The van der Waals surface area contributed by atoms with Crippen molar-refractivity contribution in [2.24, 2.45) is 0 Å². The molecule has 1 heterocycles. The van der Waals surface area contributed by atoms with E-state index in [0.29, 0.717) is 18.7 Å². The Balaban J connectivity index is 1.63. The lowest BCUT2D eigenvalue weighted by molar-refractivity contribution is -0.144. The molecule has 1 fully saturated rings. The van der Waals surface area contributed by atoms with Gasteiger partial charge in [-0.15, -0.1) is 0 Å². The lowest BCUT2D eigenvalue weighted by Gasteiger charge is -2.37. The number of carboxylic acids is 1. The molecule has 5 nitrogen and oxygen atoms in total. The third-order valence-electron chi connectivity index (χ3n) is 4.51. The van der Waals surface area contributed by atoms with Gasteiger partial charge in [-0.05, 0) is 35.4 Å². The highest BCUT2D eigenvalue weighted by Crippen LogP contribution is 2.25. The van der Waals surface area contributed by atoms with E-state index in [9.17, 15) is 15.0 Å². The summed E-state index contributed by atoms with van der Waals surface area (Å²) in [6.07, 6.45) is 0. The maximum Gasteiger partial charge on any atom is 0.325 e. The number of halogens is 1. The lowest BCUT2D eigenvalue weighted by atomic mass is 10.0. The van der Waals surface area contributed by atoms with Crippen molar-refractivity contribution in [3.8, 4) is 5.75 Å². The van der Waals surface area contributed by atoms with Crippen molar-refractivity contribution in [3.05, 3.63) is 64.7 Å². The van der Waals surface area contributed by atoms with Crippen molar-refractivity contribution in [1.29, 1.82) is 0 Å². The Hall–Kier alpha value is -2.08. The van der Waals surface area contributed by atoms with Gasteiger partial charge in [-0.1, -0.05) is 35.9 Å². The molecule has 3 rings (SSSR count). The van der Waals surface area contributed by atoms with Crippen LogP contribution < -0.4 is 0 Å². The predicted molar refractivity (Wildman–Crippen MR) is 96.8 cm³/mol. The van der Waals surface area contributed by atoms with E-state index in [1.165, 1.54) is 12.1 Å². The van der Waals surface area contributed by atoms with Crippen LogP contribution in [-0.4, -0.2) is 52.2 Å². The van der Waals surface area contributed by atoms with E-state index in [1.807, 2.05) is 23.1 Å². The predicted octanol–water partition coefficient (Wildman–Crippen LogP) is 2.99. The Bertz CT molecular complexity index is 728. The maximum atomic E-state index is 11.8. The highest BCUT2D eigenvalue weighted by Gasteiger charge is 2.30. The fraction of sp³-hybridized carbons (Fsp3) is 0.316. The Labute approximate surface area is 152 Å². The zero-order valence-electron chi connectivity index (χ0n) is 13.8. The summed E-state index contributed by atoms with van der Waals surface area (Å²) in [7, 11) is 0. The van der Waals surface area contributed by atoms with Gasteiger partial charge in [0.1, 0.15) is 11.8 Å². The van der Waals surface area contributed by atoms with Crippen LogP contribution in [-0.2, 0) is 11.3 Å². The molecule has 0 bridgehead atoms. The van der Waals surface area contributed by atoms with E-state index in [2.05, 4.69) is 11.0 Å². The maximum absolute atomic E-state index is 11.8. The van der Waals surface area contributed by atoms with Gasteiger partial charge in [0, 0.05) is 37.7 Å². The van der Waals surface area contributed by atoms with E-state index in [-0.39, 0.29) is 5.75 Å². The summed E-state index contributed by atoms with van der Waals surface area (Å²) in [5.74, 6) is -0.729. The second-order valence-electron chi connectivity index (χ2n) is 6.27. The summed E-state index contributed by atoms with van der Waals surface area (Å²) in [5.41, 5.74) is 1.85. The van der Waals surface area contributed by atoms with Gasteiger partial charge in [0.2, 0.25) is 0 Å². The number of phenols is 1. The van der Waals surface area contributed by atoms with Gasteiger partial charge in [-0.2, -0.15) is 0 Å². The van der Waals surface area contributed by atoms with E-state index < -0.39 is 12.0 Å². The Morgan fingerprint density at radius 3 is 2.36 bits per heavy atom. The largest absolute Gasteiger partial charge is 0.508 e. The van der Waals surface area contributed by atoms with Gasteiger partial charge in [0.05, 0.1) is 0 Å². The second-order valence-corrected chi connectivity index (χ2v) is 6.71. The molecule has 1 atom stereocenters. The molecule has 25 heavy (non-hydrogen) atoms. The number of nitrogens with zero attached hydrogens (tertiary/aromatic N) is 2. The third-order valence-corrected chi connectivity index (χ3v) is 4.75. The van der Waals surface area contributed by atoms with Crippen LogP contribution in [0, 0.1) is 0 Å². The average Bonchev–Trinajstić information content (AvgIpc) is 2.58. The zero-order chi connectivity index (χ0) is 17.8. The number of aromatic hydroxyl groups is 1. The van der Waals surface area contributed by atoms with Gasteiger partial charge in [0.25, 0.3) is 0 Å². The molecule has 0 unspecified atom stereocenters. The van der Waals surface area contributed by atoms with Crippen molar-refractivity contribution in [3.63, 3.8) is 0 Å². The van der Waals surface area contributed by atoms with E-state index in [1.54, 1.807) is 12.1 Å².